The van der Waals surface area contributed by atoms with Gasteiger partial charge < -0.3 is 14.4 Å². The van der Waals surface area contributed by atoms with E-state index in [2.05, 4.69) is 21.5 Å². The van der Waals surface area contributed by atoms with Crippen molar-refractivity contribution in [2.24, 2.45) is 0 Å². The van der Waals surface area contributed by atoms with Gasteiger partial charge in [-0.1, -0.05) is 5.21 Å². The van der Waals surface area contributed by atoms with E-state index < -0.39 is 5.60 Å². The number of methoxy groups -OCH3 is 1. The lowest BCUT2D eigenvalue weighted by atomic mass is 10.1. The number of hydrogen-bond acceptors (Lipinski definition) is 7. The maximum Gasteiger partial charge on any atom is 0.410 e. The molecule has 3 aromatic heterocycles. The van der Waals surface area contributed by atoms with Crippen LogP contribution in [-0.4, -0.2) is 61.4 Å². The number of hydrogen-bond donors (Lipinski definition) is 0. The van der Waals surface area contributed by atoms with E-state index in [9.17, 15) is 10.1 Å². The van der Waals surface area contributed by atoms with E-state index in [1.807, 2.05) is 38.4 Å². The highest BCUT2D eigenvalue weighted by Gasteiger charge is 2.36. The van der Waals surface area contributed by atoms with Crippen molar-refractivity contribution in [2.75, 3.05) is 20.2 Å². The Kier molecular flexibility index (Phi) is 4.61. The molecule has 0 saturated carbocycles. The van der Waals surface area contributed by atoms with Crippen LogP contribution in [0.5, 0.6) is 5.75 Å². The molecule has 3 aromatic rings. The maximum atomic E-state index is 12.2. The van der Waals surface area contributed by atoms with Crippen molar-refractivity contribution in [1.29, 1.82) is 5.26 Å². The quantitative estimate of drug-likeness (QED) is 0.654. The average molecular weight is 409 g/mol. The van der Waals surface area contributed by atoms with Gasteiger partial charge in [-0.3, -0.25) is 0 Å². The summed E-state index contributed by atoms with van der Waals surface area (Å²) in [5.74, 6) is 0.537. The van der Waals surface area contributed by atoms with Crippen LogP contribution < -0.4 is 4.74 Å². The number of fused-ring (bicyclic) bond motifs is 1. The smallest absolute Gasteiger partial charge is 0.410 e. The Hall–Kier alpha value is -3.61. The van der Waals surface area contributed by atoms with Crippen molar-refractivity contribution in [1.82, 2.24) is 29.5 Å². The molecule has 0 radical (unpaired) electrons. The monoisotopic (exact) mass is 409 g/mol. The first-order valence-corrected chi connectivity index (χ1v) is 9.57. The number of nitrogens with zero attached hydrogens (tertiary/aromatic N) is 7. The SMILES string of the molecule is COc1cc(-c2nnn(C3CN(C(=O)OC(C)(C)C)C3)c2C)cn2ncc(C#N)c12. The van der Waals surface area contributed by atoms with Crippen molar-refractivity contribution in [3.63, 3.8) is 0 Å². The van der Waals surface area contributed by atoms with E-state index in [4.69, 9.17) is 9.47 Å². The Bertz CT molecular complexity index is 1160. The average Bonchev–Trinajstić information content (AvgIpc) is 3.22. The molecule has 10 nitrogen and oxygen atoms in total. The van der Waals surface area contributed by atoms with Crippen LogP contribution in [0.15, 0.2) is 18.5 Å². The molecule has 156 valence electrons. The highest BCUT2D eigenvalue weighted by molar-refractivity contribution is 5.74. The number of carbonyl (C=O) groups excluding carboxylic acids is 1. The van der Waals surface area contributed by atoms with Crippen molar-refractivity contribution in [3.05, 3.63) is 29.7 Å². The minimum Gasteiger partial charge on any atom is -0.494 e. The zero-order valence-electron chi connectivity index (χ0n) is 17.6. The first-order chi connectivity index (χ1) is 14.2. The number of likely N-dealkylation sites (tertiary alicyclic amines) is 1. The Morgan fingerprint density at radius 2 is 2.07 bits per heavy atom. The molecule has 0 atom stereocenters. The third-order valence-electron chi connectivity index (χ3n) is 4.98. The van der Waals surface area contributed by atoms with Crippen LogP contribution in [0, 0.1) is 18.3 Å². The van der Waals surface area contributed by atoms with Crippen molar-refractivity contribution in [3.8, 4) is 23.1 Å². The number of nitriles is 1. The topological polar surface area (TPSA) is 111 Å². The molecule has 0 aromatic carbocycles. The minimum atomic E-state index is -0.520. The van der Waals surface area contributed by atoms with Crippen LogP contribution in [0.2, 0.25) is 0 Å². The second-order valence-corrected chi connectivity index (χ2v) is 8.27. The molecule has 0 unspecified atom stereocenters. The molecule has 1 fully saturated rings. The molecule has 4 heterocycles. The molecule has 10 heteroatoms. The van der Waals surface area contributed by atoms with Gasteiger partial charge in [-0.15, -0.1) is 5.10 Å². The summed E-state index contributed by atoms with van der Waals surface area (Å²) >= 11 is 0. The highest BCUT2D eigenvalue weighted by Crippen LogP contribution is 2.32. The molecular formula is C20H23N7O3. The summed E-state index contributed by atoms with van der Waals surface area (Å²) in [7, 11) is 1.55. The van der Waals surface area contributed by atoms with E-state index in [1.165, 1.54) is 6.20 Å². The van der Waals surface area contributed by atoms with Crippen molar-refractivity contribution >= 4 is 11.6 Å². The largest absolute Gasteiger partial charge is 0.494 e. The zero-order valence-corrected chi connectivity index (χ0v) is 17.6. The Labute approximate surface area is 173 Å². The number of carbonyl (C=O) groups is 1. The van der Waals surface area contributed by atoms with Crippen molar-refractivity contribution in [2.45, 2.75) is 39.3 Å². The molecule has 0 spiro atoms. The van der Waals surface area contributed by atoms with Gasteiger partial charge in [0.1, 0.15) is 34.2 Å². The lowest BCUT2D eigenvalue weighted by Gasteiger charge is -2.39. The molecule has 1 aliphatic rings. The standard InChI is InChI=1S/C20H23N7O3/c1-12-17(13-6-16(29-5)18-14(7-21)8-22-26(18)9-13)23-24-27(12)15-10-25(11-15)19(28)30-20(2,3)4/h6,8-9,15H,10-11H2,1-5H3. The van der Waals surface area contributed by atoms with E-state index in [0.717, 1.165) is 11.3 Å². The highest BCUT2D eigenvalue weighted by atomic mass is 16.6. The van der Waals surface area contributed by atoms with Crippen LogP contribution in [0.25, 0.3) is 16.8 Å². The van der Waals surface area contributed by atoms with Gasteiger partial charge in [0, 0.05) is 24.8 Å². The summed E-state index contributed by atoms with van der Waals surface area (Å²) in [6.45, 7) is 8.52. The Morgan fingerprint density at radius 1 is 1.33 bits per heavy atom. The van der Waals surface area contributed by atoms with Gasteiger partial charge in [0.2, 0.25) is 0 Å². The lowest BCUT2D eigenvalue weighted by Crippen LogP contribution is -2.52. The van der Waals surface area contributed by atoms with Crippen LogP contribution in [0.4, 0.5) is 4.79 Å². The van der Waals surface area contributed by atoms with Gasteiger partial charge in [-0.2, -0.15) is 10.4 Å². The molecule has 1 aliphatic heterocycles. The van der Waals surface area contributed by atoms with E-state index >= 15 is 0 Å². The van der Waals surface area contributed by atoms with E-state index in [0.29, 0.717) is 35.6 Å². The molecule has 4 rings (SSSR count). The van der Waals surface area contributed by atoms with Crippen LogP contribution in [0.3, 0.4) is 0 Å². The molecule has 0 N–H and O–H groups in total. The molecule has 1 saturated heterocycles. The second-order valence-electron chi connectivity index (χ2n) is 8.27. The van der Waals surface area contributed by atoms with Crippen LogP contribution in [-0.2, 0) is 4.74 Å². The fourth-order valence-corrected chi connectivity index (χ4v) is 3.49. The number of aromatic nitrogens is 5. The fourth-order valence-electron chi connectivity index (χ4n) is 3.49. The molecular weight excluding hydrogens is 386 g/mol. The van der Waals surface area contributed by atoms with Crippen LogP contribution in [0.1, 0.15) is 38.1 Å². The van der Waals surface area contributed by atoms with Crippen LogP contribution >= 0.6 is 0 Å². The second kappa shape index (κ2) is 7.02. The Balaban J connectivity index is 1.58. The number of ether oxygens (including phenoxy) is 2. The predicted octanol–water partition coefficient (Wildman–Crippen LogP) is 2.57. The fraction of sp³-hybridized carbons (Fsp3) is 0.450. The van der Waals surface area contributed by atoms with Gasteiger partial charge >= 0.3 is 6.09 Å². The summed E-state index contributed by atoms with van der Waals surface area (Å²) in [4.78, 5) is 13.8. The first-order valence-electron chi connectivity index (χ1n) is 9.57. The molecule has 30 heavy (non-hydrogen) atoms. The van der Waals surface area contributed by atoms with E-state index in [-0.39, 0.29) is 12.1 Å². The van der Waals surface area contributed by atoms with Crippen molar-refractivity contribution < 1.29 is 14.3 Å². The zero-order chi connectivity index (χ0) is 21.6. The minimum absolute atomic E-state index is 0.0410. The normalized spacial score (nSPS) is 14.5. The van der Waals surface area contributed by atoms with Gasteiger partial charge in [-0.25, -0.2) is 14.0 Å². The molecule has 1 amide bonds. The lowest BCUT2D eigenvalue weighted by molar-refractivity contribution is -0.000880. The third kappa shape index (κ3) is 3.32. The summed E-state index contributed by atoms with van der Waals surface area (Å²) < 4.78 is 14.3. The maximum absolute atomic E-state index is 12.2. The van der Waals surface area contributed by atoms with Gasteiger partial charge in [0.15, 0.2) is 0 Å². The van der Waals surface area contributed by atoms with Gasteiger partial charge in [-0.05, 0) is 33.8 Å². The summed E-state index contributed by atoms with van der Waals surface area (Å²) in [6, 6.07) is 3.99. The number of pyridine rings is 1. The predicted molar refractivity (Wildman–Crippen MR) is 107 cm³/mol. The number of rotatable bonds is 3. The third-order valence-corrected chi connectivity index (χ3v) is 4.98. The molecule has 0 bridgehead atoms. The summed E-state index contributed by atoms with van der Waals surface area (Å²) in [6.07, 6.45) is 2.98. The Morgan fingerprint density at radius 3 is 2.70 bits per heavy atom. The van der Waals surface area contributed by atoms with E-state index in [1.54, 1.807) is 22.7 Å². The number of amides is 1. The van der Waals surface area contributed by atoms with Gasteiger partial charge in [0.25, 0.3) is 0 Å². The first kappa shape index (κ1) is 19.7. The summed E-state index contributed by atoms with van der Waals surface area (Å²) in [5, 5.41) is 22.2. The van der Waals surface area contributed by atoms with Gasteiger partial charge in [0.05, 0.1) is 25.0 Å². The summed E-state index contributed by atoms with van der Waals surface area (Å²) in [5.41, 5.74) is 2.88. The molecule has 0 aliphatic carbocycles.